The third kappa shape index (κ3) is 7.06. The van der Waals surface area contributed by atoms with Crippen LogP contribution in [0.2, 0.25) is 0 Å². The zero-order valence-electron chi connectivity index (χ0n) is 34.0. The molecule has 0 unspecified atom stereocenters. The van der Waals surface area contributed by atoms with E-state index in [-0.39, 0.29) is 47.4 Å². The molecule has 61 heavy (non-hydrogen) atoms. The summed E-state index contributed by atoms with van der Waals surface area (Å²) in [6.45, 7) is 9.15. The number of ether oxygens (including phenoxy) is 1. The molecular formula is C54H41N4OPtTe-3. The molecule has 9 aromatic rings. The monoisotopic (exact) mass is 1090 g/mol. The number of hydrogen-bond donors (Lipinski definition) is 0. The van der Waals surface area contributed by atoms with E-state index >= 15 is 0 Å². The summed E-state index contributed by atoms with van der Waals surface area (Å²) in [4.78, 5) is 9.87. The second-order valence-corrected chi connectivity index (χ2v) is 19.2. The average molecular weight is 1080 g/mol. The van der Waals surface area contributed by atoms with Crippen molar-refractivity contribution in [3.05, 3.63) is 199 Å². The van der Waals surface area contributed by atoms with E-state index in [4.69, 9.17) is 9.72 Å². The molecule has 0 N–H and O–H groups in total. The minimum atomic E-state index is -0.0897. The maximum absolute atomic E-state index is 6.69. The molecule has 7 heteroatoms. The summed E-state index contributed by atoms with van der Waals surface area (Å²) >= 11 is -0.0897. The third-order valence-corrected chi connectivity index (χ3v) is 14.4. The summed E-state index contributed by atoms with van der Waals surface area (Å²) in [6.07, 6.45) is 0. The Morgan fingerprint density at radius 2 is 1.26 bits per heavy atom. The van der Waals surface area contributed by atoms with E-state index in [0.29, 0.717) is 11.5 Å². The number of nitrogens with zero attached hydrogens (tertiary/aromatic N) is 4. The second-order valence-electron chi connectivity index (χ2n) is 16.4. The molecule has 0 radical (unpaired) electrons. The van der Waals surface area contributed by atoms with E-state index in [1.165, 1.54) is 26.7 Å². The molecule has 0 bridgehead atoms. The van der Waals surface area contributed by atoms with Gasteiger partial charge in [0.05, 0.1) is 0 Å². The number of hydrogen-bond acceptors (Lipinski definition) is 4. The van der Waals surface area contributed by atoms with E-state index < -0.39 is 0 Å². The molecule has 4 heterocycles. The van der Waals surface area contributed by atoms with Gasteiger partial charge in [0.1, 0.15) is 0 Å². The minimum Gasteiger partial charge on any atom is 0 e. The molecule has 0 amide bonds. The van der Waals surface area contributed by atoms with Crippen molar-refractivity contribution in [2.45, 2.75) is 35.1 Å². The molecule has 7 aromatic carbocycles. The first kappa shape index (κ1) is 39.5. The predicted octanol–water partition coefficient (Wildman–Crippen LogP) is 13.3. The fourth-order valence-corrected chi connectivity index (χ4v) is 11.9. The Kier molecular flexibility index (Phi) is 10.4. The quantitative estimate of drug-likeness (QED) is 0.118. The first-order valence-electron chi connectivity index (χ1n) is 20.4. The van der Waals surface area contributed by atoms with Crippen LogP contribution in [0.5, 0.6) is 11.5 Å². The normalized spacial score (nSPS) is 13.4. The molecule has 0 aliphatic carbocycles. The average Bonchev–Trinajstić information content (AvgIpc) is 4.00. The molecular weight excluding hydrogens is 1040 g/mol. The number of para-hydroxylation sites is 4. The number of fused-ring (bicyclic) bond motifs is 5. The van der Waals surface area contributed by atoms with Crippen molar-refractivity contribution >= 4 is 65.5 Å². The molecule has 5 nitrogen and oxygen atoms in total. The molecule has 0 saturated carbocycles. The minimum absolute atomic E-state index is 0. The number of aromatic nitrogens is 2. The van der Waals surface area contributed by atoms with Crippen LogP contribution in [0, 0.1) is 18.8 Å². The molecule has 2 aliphatic rings. The van der Waals surface area contributed by atoms with Gasteiger partial charge in [-0.2, -0.15) is 0 Å². The molecule has 302 valence electrons. The first-order chi connectivity index (χ1) is 29.4. The van der Waals surface area contributed by atoms with Crippen LogP contribution >= 0.6 is 0 Å². The summed E-state index contributed by atoms with van der Waals surface area (Å²) in [5.74, 6) is 2.19. The van der Waals surface area contributed by atoms with Gasteiger partial charge in [-0.1, -0.05) is 91.0 Å². The van der Waals surface area contributed by atoms with Crippen LogP contribution < -0.4 is 14.5 Å². The smallest absolute Gasteiger partial charge is 0 e. The molecule has 2 aromatic heterocycles. The molecule has 11 rings (SSSR count). The summed E-state index contributed by atoms with van der Waals surface area (Å²) in [5.41, 5.74) is 15.0. The first-order valence-corrected chi connectivity index (χ1v) is 23.7. The largest absolute Gasteiger partial charge is 0 e. The van der Waals surface area contributed by atoms with Gasteiger partial charge in [0, 0.05) is 49.3 Å². The standard InChI is InChI=1S/C54H41N4OTe.Pt/c1-54(2,3)46-32-52(55-47-34-60-33-45(46)47)58-48-25-11-10-22-43(48)44-29-28-40(31-51(44)58)59-39-21-14-20-38(30-39)56-35-57(50-27-13-12-26-49(50)56)53-41(36-16-6-4-7-17-36)23-15-24-42(53)37-18-8-5-9-19-37;/h4-29,32,35H,33-34H2,1-3H3;/q-3;. The van der Waals surface area contributed by atoms with Gasteiger partial charge in [-0.15, -0.1) is 12.7 Å². The fourth-order valence-electron chi connectivity index (χ4n) is 8.84. The van der Waals surface area contributed by atoms with E-state index in [1.54, 1.807) is 0 Å². The van der Waals surface area contributed by atoms with Gasteiger partial charge in [-0.25, -0.2) is 0 Å². The third-order valence-electron chi connectivity index (χ3n) is 11.6. The van der Waals surface area contributed by atoms with Crippen molar-refractivity contribution < 1.29 is 25.8 Å². The van der Waals surface area contributed by atoms with Crippen LogP contribution in [0.25, 0.3) is 49.9 Å². The van der Waals surface area contributed by atoms with Crippen LogP contribution in [0.4, 0.5) is 22.7 Å². The van der Waals surface area contributed by atoms with Crippen molar-refractivity contribution in [2.75, 3.05) is 9.80 Å². The molecule has 0 spiro atoms. The van der Waals surface area contributed by atoms with Gasteiger partial charge in [0.2, 0.25) is 0 Å². The van der Waals surface area contributed by atoms with E-state index in [9.17, 15) is 0 Å². The predicted molar refractivity (Wildman–Crippen MR) is 247 cm³/mol. The van der Waals surface area contributed by atoms with Gasteiger partial charge < -0.3 is 9.80 Å². The molecule has 0 atom stereocenters. The summed E-state index contributed by atoms with van der Waals surface area (Å²) in [5, 5.41) is 2.30. The van der Waals surface area contributed by atoms with E-state index in [2.05, 4.69) is 200 Å². The Balaban J connectivity index is 0.00000445. The maximum Gasteiger partial charge on any atom is 0 e. The van der Waals surface area contributed by atoms with Crippen LogP contribution in [-0.2, 0) is 35.4 Å². The van der Waals surface area contributed by atoms with Crippen LogP contribution in [-0.4, -0.2) is 30.5 Å². The summed E-state index contributed by atoms with van der Waals surface area (Å²) < 4.78 is 11.3. The van der Waals surface area contributed by atoms with Gasteiger partial charge >= 0.3 is 199 Å². The summed E-state index contributed by atoms with van der Waals surface area (Å²) in [6, 6.07) is 64.9. The van der Waals surface area contributed by atoms with Crippen molar-refractivity contribution in [2.24, 2.45) is 0 Å². The zero-order valence-corrected chi connectivity index (χ0v) is 38.6. The molecule has 0 fully saturated rings. The second kappa shape index (κ2) is 16.0. The Labute approximate surface area is 382 Å². The molecule has 0 saturated heterocycles. The van der Waals surface area contributed by atoms with E-state index in [0.717, 1.165) is 71.7 Å². The fraction of sp³-hybridized carbons (Fsp3) is 0.111. The van der Waals surface area contributed by atoms with Gasteiger partial charge in [0.25, 0.3) is 0 Å². The number of benzene rings is 7. The van der Waals surface area contributed by atoms with Crippen LogP contribution in [0.3, 0.4) is 0 Å². The number of pyridine rings is 1. The van der Waals surface area contributed by atoms with E-state index in [1.807, 2.05) is 18.2 Å². The van der Waals surface area contributed by atoms with Crippen LogP contribution in [0.15, 0.2) is 164 Å². The zero-order chi connectivity index (χ0) is 40.4. The Bertz CT molecular complexity index is 3030. The number of rotatable bonds is 7. The SMILES string of the molecule is CC(C)(C)c1cc(-n2c3[c-]c(Oc4[c-]c(N5[CH-]N(c6c(-c7ccccc7)cccc6-c6ccccc6)c6ccccc65)ccc4)ccc3c3ccccc32)nc2c1C[Te]C2.[Pt]. The number of anilines is 4. The Hall–Kier alpha value is -5.63. The summed E-state index contributed by atoms with van der Waals surface area (Å²) in [7, 11) is 0. The van der Waals surface area contributed by atoms with Gasteiger partial charge in [-0.3, -0.25) is 0 Å². The van der Waals surface area contributed by atoms with Gasteiger partial charge in [-0.05, 0) is 23.3 Å². The Morgan fingerprint density at radius 1 is 0.623 bits per heavy atom. The van der Waals surface area contributed by atoms with Crippen molar-refractivity contribution in [1.82, 2.24) is 9.55 Å². The van der Waals surface area contributed by atoms with Crippen molar-refractivity contribution in [3.8, 4) is 39.6 Å². The topological polar surface area (TPSA) is 33.5 Å². The van der Waals surface area contributed by atoms with Crippen LogP contribution in [0.1, 0.15) is 37.6 Å². The van der Waals surface area contributed by atoms with Crippen molar-refractivity contribution in [1.29, 1.82) is 0 Å². The maximum atomic E-state index is 6.69. The van der Waals surface area contributed by atoms with Crippen molar-refractivity contribution in [3.63, 3.8) is 0 Å². The molecule has 2 aliphatic heterocycles. The Morgan fingerprint density at radius 3 is 1.98 bits per heavy atom. The van der Waals surface area contributed by atoms with Gasteiger partial charge in [0.15, 0.2) is 0 Å².